The van der Waals surface area contributed by atoms with Gasteiger partial charge in [-0.15, -0.1) is 0 Å². The quantitative estimate of drug-likeness (QED) is 0.352. The number of carbonyl (C=O) groups is 2. The van der Waals surface area contributed by atoms with Gasteiger partial charge in [-0.25, -0.2) is 9.59 Å². The second-order valence-electron chi connectivity index (χ2n) is 1.10. The Morgan fingerprint density at radius 1 is 0.909 bits per heavy atom. The molecule has 11 heavy (non-hydrogen) atoms. The van der Waals surface area contributed by atoms with Crippen LogP contribution in [0.2, 0.25) is 0 Å². The third-order valence-corrected chi connectivity index (χ3v) is 0.271. The number of aliphatic carboxylic acids is 2. The second kappa shape index (κ2) is 12.5. The summed E-state index contributed by atoms with van der Waals surface area (Å²) in [6, 6.07) is 0. The molecule has 0 amide bonds. The minimum absolute atomic E-state index is 0. The largest absolute Gasteiger partial charge is 0.480 e. The maximum atomic E-state index is 9.12. The zero-order valence-corrected chi connectivity index (χ0v) is 8.02. The van der Waals surface area contributed by atoms with Crippen LogP contribution in [0.15, 0.2) is 0 Å². The molecule has 0 aromatic heterocycles. The van der Waals surface area contributed by atoms with Crippen molar-refractivity contribution in [3.63, 3.8) is 0 Å². The van der Waals surface area contributed by atoms with Crippen LogP contribution in [0.3, 0.4) is 0 Å². The number of carboxylic acids is 2. The Labute approximate surface area is 84.8 Å². The molecule has 0 bridgehead atoms. The van der Waals surface area contributed by atoms with Gasteiger partial charge in [0.25, 0.3) is 0 Å². The van der Waals surface area contributed by atoms with Crippen molar-refractivity contribution < 1.29 is 30.0 Å². The summed E-state index contributed by atoms with van der Waals surface area (Å²) < 4.78 is 0. The summed E-state index contributed by atoms with van der Waals surface area (Å²) in [5, 5.41) is 30.0. The SMILES string of the molecule is O=C(O)CO.O=C(O)CO.[Na]. The van der Waals surface area contributed by atoms with Gasteiger partial charge in [-0.1, -0.05) is 0 Å². The molecule has 0 aromatic carbocycles. The van der Waals surface area contributed by atoms with E-state index in [0.717, 1.165) is 0 Å². The smallest absolute Gasteiger partial charge is 0.329 e. The minimum Gasteiger partial charge on any atom is -0.480 e. The van der Waals surface area contributed by atoms with E-state index in [9.17, 15) is 0 Å². The Morgan fingerprint density at radius 2 is 1.00 bits per heavy atom. The monoisotopic (exact) mass is 175 g/mol. The molecule has 0 aliphatic carbocycles. The third-order valence-electron chi connectivity index (χ3n) is 0.271. The van der Waals surface area contributed by atoms with Gasteiger partial charge < -0.3 is 20.4 Å². The Kier molecular flexibility index (Phi) is 19.5. The normalized spacial score (nSPS) is 6.73. The molecule has 0 atom stereocenters. The van der Waals surface area contributed by atoms with Gasteiger partial charge in [0, 0.05) is 29.6 Å². The van der Waals surface area contributed by atoms with E-state index in [2.05, 4.69) is 0 Å². The van der Waals surface area contributed by atoms with Gasteiger partial charge in [0.05, 0.1) is 0 Å². The molecule has 0 fully saturated rings. The molecular weight excluding hydrogens is 167 g/mol. The topological polar surface area (TPSA) is 115 Å². The van der Waals surface area contributed by atoms with Gasteiger partial charge in [0.1, 0.15) is 13.2 Å². The molecule has 0 rings (SSSR count). The van der Waals surface area contributed by atoms with Gasteiger partial charge >= 0.3 is 11.9 Å². The van der Waals surface area contributed by atoms with E-state index in [4.69, 9.17) is 30.0 Å². The summed E-state index contributed by atoms with van der Waals surface area (Å²) in [5.41, 5.74) is 0. The molecule has 0 aliphatic rings. The average Bonchev–Trinajstić information content (AvgIpc) is 1.89. The van der Waals surface area contributed by atoms with Crippen molar-refractivity contribution in [2.45, 2.75) is 0 Å². The number of hydrogen-bond donors (Lipinski definition) is 4. The first-order valence-electron chi connectivity index (χ1n) is 2.20. The Hall–Kier alpha value is -0.140. The Morgan fingerprint density at radius 3 is 1.00 bits per heavy atom. The molecule has 0 unspecified atom stereocenters. The average molecular weight is 175 g/mol. The van der Waals surface area contributed by atoms with Crippen molar-refractivity contribution in [3.05, 3.63) is 0 Å². The van der Waals surface area contributed by atoms with E-state index in [1.165, 1.54) is 0 Å². The summed E-state index contributed by atoms with van der Waals surface area (Å²) in [6.07, 6.45) is 0. The summed E-state index contributed by atoms with van der Waals surface area (Å²) in [5.74, 6) is -2.38. The van der Waals surface area contributed by atoms with E-state index >= 15 is 0 Å². The van der Waals surface area contributed by atoms with Crippen molar-refractivity contribution in [1.29, 1.82) is 0 Å². The van der Waals surface area contributed by atoms with Crippen molar-refractivity contribution in [2.24, 2.45) is 0 Å². The second-order valence-corrected chi connectivity index (χ2v) is 1.10. The van der Waals surface area contributed by atoms with E-state index in [-0.39, 0.29) is 29.6 Å². The van der Waals surface area contributed by atoms with Crippen molar-refractivity contribution >= 4 is 41.5 Å². The predicted molar refractivity (Wildman–Crippen MR) is 35.2 cm³/mol. The first-order chi connectivity index (χ1) is 4.54. The van der Waals surface area contributed by atoms with Crippen LogP contribution in [0, 0.1) is 0 Å². The molecule has 0 aromatic rings. The molecule has 0 spiro atoms. The number of aliphatic hydroxyl groups excluding tert-OH is 2. The fraction of sp³-hybridized carbons (Fsp3) is 0.500. The van der Waals surface area contributed by atoms with Crippen molar-refractivity contribution in [3.8, 4) is 0 Å². The van der Waals surface area contributed by atoms with Crippen LogP contribution >= 0.6 is 0 Å². The van der Waals surface area contributed by atoms with Crippen LogP contribution < -0.4 is 0 Å². The molecule has 0 aliphatic heterocycles. The van der Waals surface area contributed by atoms with Crippen LogP contribution in [0.1, 0.15) is 0 Å². The maximum Gasteiger partial charge on any atom is 0.329 e. The van der Waals surface area contributed by atoms with Crippen LogP contribution in [-0.4, -0.2) is 75.1 Å². The summed E-state index contributed by atoms with van der Waals surface area (Å²) in [7, 11) is 0. The zero-order valence-electron chi connectivity index (χ0n) is 6.02. The van der Waals surface area contributed by atoms with Gasteiger partial charge in [0.2, 0.25) is 0 Å². The molecule has 1 radical (unpaired) electrons. The molecule has 0 heterocycles. The van der Waals surface area contributed by atoms with Gasteiger partial charge in [-0.05, 0) is 0 Å². The van der Waals surface area contributed by atoms with E-state index in [1.54, 1.807) is 0 Å². The first-order valence-corrected chi connectivity index (χ1v) is 2.20. The van der Waals surface area contributed by atoms with Crippen LogP contribution in [-0.2, 0) is 9.59 Å². The van der Waals surface area contributed by atoms with Crippen LogP contribution in [0.4, 0.5) is 0 Å². The first kappa shape index (κ1) is 17.1. The number of hydrogen-bond acceptors (Lipinski definition) is 4. The van der Waals surface area contributed by atoms with Crippen LogP contribution in [0.5, 0.6) is 0 Å². The third kappa shape index (κ3) is 40.9. The van der Waals surface area contributed by atoms with Gasteiger partial charge in [-0.2, -0.15) is 0 Å². The standard InChI is InChI=1S/2C2H4O3.Na/c2*3-1-2(4)5;/h2*3H,1H2,(H,4,5);. The fourth-order valence-electron chi connectivity index (χ4n) is 0. The van der Waals surface area contributed by atoms with Crippen molar-refractivity contribution in [1.82, 2.24) is 0 Å². The molecule has 0 saturated carbocycles. The van der Waals surface area contributed by atoms with E-state index in [1.807, 2.05) is 0 Å². The number of carboxylic acid groups (broad SMARTS) is 2. The molecule has 4 N–H and O–H groups in total. The molecule has 0 saturated heterocycles. The maximum absolute atomic E-state index is 9.12. The predicted octanol–water partition coefficient (Wildman–Crippen LogP) is -2.25. The van der Waals surface area contributed by atoms with Crippen molar-refractivity contribution in [2.75, 3.05) is 13.2 Å². The minimum atomic E-state index is -1.19. The Balaban J connectivity index is -0.000000107. The molecule has 61 valence electrons. The zero-order chi connectivity index (χ0) is 8.57. The summed E-state index contributed by atoms with van der Waals surface area (Å²) >= 11 is 0. The van der Waals surface area contributed by atoms with Gasteiger partial charge in [-0.3, -0.25) is 0 Å². The molecular formula is C4H8NaO6. The Bertz CT molecular complexity index is 99.1. The van der Waals surface area contributed by atoms with Crippen LogP contribution in [0.25, 0.3) is 0 Å². The van der Waals surface area contributed by atoms with E-state index in [0.29, 0.717) is 0 Å². The number of aliphatic hydroxyl groups is 2. The van der Waals surface area contributed by atoms with Gasteiger partial charge in [0.15, 0.2) is 0 Å². The molecule has 6 nitrogen and oxygen atoms in total. The summed E-state index contributed by atoms with van der Waals surface area (Å²) in [6.45, 7) is -1.56. The fourth-order valence-corrected chi connectivity index (χ4v) is 0. The molecule has 7 heteroatoms. The van der Waals surface area contributed by atoms with E-state index < -0.39 is 25.2 Å². The number of rotatable bonds is 2. The summed E-state index contributed by atoms with van der Waals surface area (Å²) in [4.78, 5) is 18.2.